The molecule has 0 unspecified atom stereocenters. The Bertz CT molecular complexity index is 840. The van der Waals surface area contributed by atoms with Crippen molar-refractivity contribution in [3.05, 3.63) is 34.5 Å². The number of rotatable bonds is 3. The van der Waals surface area contributed by atoms with E-state index in [0.29, 0.717) is 51.1 Å². The summed E-state index contributed by atoms with van der Waals surface area (Å²) in [6, 6.07) is 3.57. The van der Waals surface area contributed by atoms with Crippen molar-refractivity contribution < 1.29 is 14.3 Å². The normalized spacial score (nSPS) is 19.8. The average molecular weight is 346 g/mol. The van der Waals surface area contributed by atoms with Crippen LogP contribution in [0.5, 0.6) is 0 Å². The predicted molar refractivity (Wildman–Crippen MR) is 89.3 cm³/mol. The van der Waals surface area contributed by atoms with E-state index in [9.17, 15) is 9.59 Å². The molecule has 0 saturated carbocycles. The average Bonchev–Trinajstić information content (AvgIpc) is 3.28. The van der Waals surface area contributed by atoms with Crippen molar-refractivity contribution in [1.29, 1.82) is 0 Å². The van der Waals surface area contributed by atoms with Gasteiger partial charge in [0, 0.05) is 38.5 Å². The molecule has 1 spiro atoms. The maximum Gasteiger partial charge on any atom is 0.291 e. The lowest BCUT2D eigenvalue weighted by Gasteiger charge is -2.37. The summed E-state index contributed by atoms with van der Waals surface area (Å²) in [4.78, 5) is 26.9. The minimum atomic E-state index is -0.508. The lowest BCUT2D eigenvalue weighted by Crippen LogP contribution is -2.48. The Balaban J connectivity index is 1.50. The maximum absolute atomic E-state index is 12.6. The standard InChI is InChI=1S/C17H22N4O4/c1-2-14-18-21(16(23)13-4-3-7-20(13)14)12-15(22)19-8-5-17(6-9-19)24-10-11-25-17/h3-4,7H,2,5-6,8-12H2,1H3. The molecular weight excluding hydrogens is 324 g/mol. The first kappa shape index (κ1) is 16.3. The van der Waals surface area contributed by atoms with Crippen LogP contribution in [0.15, 0.2) is 23.1 Å². The molecule has 0 aromatic carbocycles. The summed E-state index contributed by atoms with van der Waals surface area (Å²) in [5.74, 6) is 0.157. The lowest BCUT2D eigenvalue weighted by molar-refractivity contribution is -0.187. The largest absolute Gasteiger partial charge is 0.347 e. The molecule has 2 aliphatic heterocycles. The van der Waals surface area contributed by atoms with Gasteiger partial charge in [0.1, 0.15) is 17.9 Å². The third kappa shape index (κ3) is 2.85. The fourth-order valence-corrected chi connectivity index (χ4v) is 3.60. The molecule has 0 radical (unpaired) electrons. The van der Waals surface area contributed by atoms with Gasteiger partial charge in [0.15, 0.2) is 5.79 Å². The topological polar surface area (TPSA) is 78.1 Å². The quantitative estimate of drug-likeness (QED) is 0.805. The predicted octanol–water partition coefficient (Wildman–Crippen LogP) is 0.424. The van der Waals surface area contributed by atoms with Crippen LogP contribution in [0.1, 0.15) is 25.6 Å². The number of hydrogen-bond donors (Lipinski definition) is 0. The molecule has 2 aromatic heterocycles. The third-order valence-electron chi connectivity index (χ3n) is 5.01. The molecular formula is C17H22N4O4. The Labute approximate surface area is 144 Å². The molecule has 25 heavy (non-hydrogen) atoms. The third-order valence-corrected chi connectivity index (χ3v) is 5.01. The monoisotopic (exact) mass is 346 g/mol. The highest BCUT2D eigenvalue weighted by molar-refractivity contribution is 5.76. The number of aryl methyl sites for hydroxylation is 1. The van der Waals surface area contributed by atoms with Gasteiger partial charge < -0.3 is 14.4 Å². The van der Waals surface area contributed by atoms with E-state index >= 15 is 0 Å². The van der Waals surface area contributed by atoms with Crippen LogP contribution in [0.3, 0.4) is 0 Å². The van der Waals surface area contributed by atoms with Gasteiger partial charge in [-0.05, 0) is 12.1 Å². The van der Waals surface area contributed by atoms with Crippen molar-refractivity contribution in [3.63, 3.8) is 0 Å². The van der Waals surface area contributed by atoms with E-state index in [-0.39, 0.29) is 18.0 Å². The van der Waals surface area contributed by atoms with Crippen molar-refractivity contribution in [3.8, 4) is 0 Å². The van der Waals surface area contributed by atoms with Gasteiger partial charge in [-0.25, -0.2) is 4.68 Å². The number of ether oxygens (including phenoxy) is 2. The zero-order valence-electron chi connectivity index (χ0n) is 14.3. The van der Waals surface area contributed by atoms with Crippen LogP contribution in [0.25, 0.3) is 5.52 Å². The molecule has 2 fully saturated rings. The van der Waals surface area contributed by atoms with Crippen molar-refractivity contribution in [1.82, 2.24) is 19.1 Å². The summed E-state index contributed by atoms with van der Waals surface area (Å²) in [6.07, 6.45) is 3.83. The zero-order chi connectivity index (χ0) is 17.4. The van der Waals surface area contributed by atoms with Crippen LogP contribution < -0.4 is 5.56 Å². The Kier molecular flexibility index (Phi) is 4.09. The van der Waals surface area contributed by atoms with Gasteiger partial charge in [0.2, 0.25) is 5.91 Å². The van der Waals surface area contributed by atoms with Crippen LogP contribution >= 0.6 is 0 Å². The highest BCUT2D eigenvalue weighted by Crippen LogP contribution is 2.31. The Hall–Kier alpha value is -2.19. The molecule has 8 nitrogen and oxygen atoms in total. The Morgan fingerprint density at radius 3 is 2.68 bits per heavy atom. The van der Waals surface area contributed by atoms with Crippen molar-refractivity contribution in [2.24, 2.45) is 0 Å². The summed E-state index contributed by atoms with van der Waals surface area (Å²) < 4.78 is 14.4. The number of carbonyl (C=O) groups is 1. The van der Waals surface area contributed by atoms with Gasteiger partial charge in [-0.15, -0.1) is 0 Å². The second-order valence-electron chi connectivity index (χ2n) is 6.48. The summed E-state index contributed by atoms with van der Waals surface area (Å²) in [5.41, 5.74) is 0.302. The van der Waals surface area contributed by atoms with E-state index in [1.807, 2.05) is 19.2 Å². The number of amides is 1. The summed E-state index contributed by atoms with van der Waals surface area (Å²) >= 11 is 0. The lowest BCUT2D eigenvalue weighted by atomic mass is 10.0. The van der Waals surface area contributed by atoms with E-state index in [4.69, 9.17) is 9.47 Å². The molecule has 1 amide bonds. The van der Waals surface area contributed by atoms with Gasteiger partial charge in [0.05, 0.1) is 13.2 Å². The summed E-state index contributed by atoms with van der Waals surface area (Å²) in [5, 5.41) is 4.37. The fourth-order valence-electron chi connectivity index (χ4n) is 3.60. The summed E-state index contributed by atoms with van der Waals surface area (Å²) in [7, 11) is 0. The van der Waals surface area contributed by atoms with E-state index < -0.39 is 5.79 Å². The molecule has 8 heteroatoms. The van der Waals surface area contributed by atoms with E-state index in [1.54, 1.807) is 15.4 Å². The van der Waals surface area contributed by atoms with Crippen LogP contribution in [0.2, 0.25) is 0 Å². The van der Waals surface area contributed by atoms with E-state index in [0.717, 1.165) is 5.82 Å². The molecule has 2 aromatic rings. The number of aromatic nitrogens is 3. The van der Waals surface area contributed by atoms with Crippen LogP contribution in [-0.2, 0) is 27.2 Å². The SMILES string of the molecule is CCc1nn(CC(=O)N2CCC3(CC2)OCCO3)c(=O)c2cccn12. The van der Waals surface area contributed by atoms with Gasteiger partial charge in [-0.3, -0.25) is 14.0 Å². The Morgan fingerprint density at radius 2 is 2.00 bits per heavy atom. The molecule has 4 rings (SSSR count). The first-order chi connectivity index (χ1) is 12.1. The molecule has 0 N–H and O–H groups in total. The smallest absolute Gasteiger partial charge is 0.291 e. The minimum Gasteiger partial charge on any atom is -0.347 e. The molecule has 2 aliphatic rings. The van der Waals surface area contributed by atoms with E-state index in [1.165, 1.54) is 4.68 Å². The first-order valence-electron chi connectivity index (χ1n) is 8.75. The highest BCUT2D eigenvalue weighted by atomic mass is 16.7. The maximum atomic E-state index is 12.6. The van der Waals surface area contributed by atoms with Crippen LogP contribution in [0.4, 0.5) is 0 Å². The second kappa shape index (κ2) is 6.27. The Morgan fingerprint density at radius 1 is 1.28 bits per heavy atom. The van der Waals surface area contributed by atoms with Gasteiger partial charge in [-0.1, -0.05) is 6.92 Å². The van der Waals surface area contributed by atoms with Crippen molar-refractivity contribution in [2.45, 2.75) is 38.5 Å². The number of fused-ring (bicyclic) bond motifs is 1. The molecule has 134 valence electrons. The zero-order valence-corrected chi connectivity index (χ0v) is 14.3. The molecule has 2 saturated heterocycles. The fraction of sp³-hybridized carbons (Fsp3) is 0.588. The molecule has 0 bridgehead atoms. The molecule has 4 heterocycles. The van der Waals surface area contributed by atoms with Crippen molar-refractivity contribution in [2.75, 3.05) is 26.3 Å². The number of carbonyl (C=O) groups excluding carboxylic acids is 1. The molecule has 0 aliphatic carbocycles. The first-order valence-corrected chi connectivity index (χ1v) is 8.75. The summed E-state index contributed by atoms with van der Waals surface area (Å²) in [6.45, 7) is 4.31. The number of likely N-dealkylation sites (tertiary alicyclic amines) is 1. The van der Waals surface area contributed by atoms with E-state index in [2.05, 4.69) is 5.10 Å². The van der Waals surface area contributed by atoms with Crippen LogP contribution in [0, 0.1) is 0 Å². The second-order valence-corrected chi connectivity index (χ2v) is 6.48. The minimum absolute atomic E-state index is 0.0395. The van der Waals surface area contributed by atoms with Gasteiger partial charge >= 0.3 is 0 Å². The van der Waals surface area contributed by atoms with Gasteiger partial charge in [0.25, 0.3) is 5.56 Å². The highest BCUT2D eigenvalue weighted by Gasteiger charge is 2.40. The van der Waals surface area contributed by atoms with Crippen molar-refractivity contribution >= 4 is 11.4 Å². The number of hydrogen-bond acceptors (Lipinski definition) is 5. The molecule has 0 atom stereocenters. The van der Waals surface area contributed by atoms with Gasteiger partial charge in [-0.2, -0.15) is 5.10 Å². The number of nitrogens with zero attached hydrogens (tertiary/aromatic N) is 4. The number of piperidine rings is 1. The van der Waals surface area contributed by atoms with Crippen LogP contribution in [-0.4, -0.2) is 57.1 Å².